The minimum atomic E-state index is -1.61. The molecule has 2 heterocycles. The fraction of sp³-hybridized carbons (Fsp3) is 0.960. The Kier molecular flexibility index (Phi) is 14.5. The second kappa shape index (κ2) is 17.1. The van der Waals surface area contributed by atoms with Crippen molar-refractivity contribution in [2.75, 3.05) is 32.8 Å². The summed E-state index contributed by atoms with van der Waals surface area (Å²) >= 11 is 0. The summed E-state index contributed by atoms with van der Waals surface area (Å²) in [6.07, 6.45) is -15.2. The van der Waals surface area contributed by atoms with Crippen LogP contribution in [-0.4, -0.2) is 172 Å². The standard InChI is InChI=1S/C25H51N7O12/c26-2-1-13(35)23(40)32-12-3-10(28)21(20(39)22(12)44-25-19(38)17(30)18(37)16(8-33)42-25)43-24-11(29)4-14(36)15(41-24)7-31-6-9(34)5-27/h9-22,24-25,31,33-39H,1-8,26-30H2,(H,32,40)/t9?,10-,11+,12+,13?,14-,15+,16+,17-,18+,19+,20-,21+,22-,24+,25+/m0/s1. The van der Waals surface area contributed by atoms with Gasteiger partial charge in [-0.3, -0.25) is 4.79 Å². The Morgan fingerprint density at radius 3 is 2.18 bits per heavy atom. The molecule has 0 aromatic heterocycles. The van der Waals surface area contributed by atoms with Gasteiger partial charge in [-0.1, -0.05) is 0 Å². The second-order valence-corrected chi connectivity index (χ2v) is 11.6. The van der Waals surface area contributed by atoms with Gasteiger partial charge in [0, 0.05) is 25.7 Å². The summed E-state index contributed by atoms with van der Waals surface area (Å²) in [4.78, 5) is 12.7. The van der Waals surface area contributed by atoms with Crippen LogP contribution in [0.2, 0.25) is 0 Å². The van der Waals surface area contributed by atoms with Gasteiger partial charge in [-0.2, -0.15) is 0 Å². The van der Waals surface area contributed by atoms with Crippen molar-refractivity contribution < 1.29 is 59.5 Å². The van der Waals surface area contributed by atoms with Crippen LogP contribution >= 0.6 is 0 Å². The average molecular weight is 642 g/mol. The first-order valence-electron chi connectivity index (χ1n) is 14.8. The van der Waals surface area contributed by atoms with E-state index in [1.807, 2.05) is 0 Å². The van der Waals surface area contributed by atoms with E-state index >= 15 is 0 Å². The fourth-order valence-corrected chi connectivity index (χ4v) is 5.54. The van der Waals surface area contributed by atoms with Gasteiger partial charge >= 0.3 is 0 Å². The number of nitrogens with one attached hydrogen (secondary N) is 2. The van der Waals surface area contributed by atoms with E-state index in [1.54, 1.807) is 0 Å². The number of aliphatic hydroxyl groups is 7. The summed E-state index contributed by atoms with van der Waals surface area (Å²) in [5, 5.41) is 77.9. The van der Waals surface area contributed by atoms with Gasteiger partial charge in [-0.05, 0) is 25.8 Å². The zero-order valence-corrected chi connectivity index (χ0v) is 24.5. The fourth-order valence-electron chi connectivity index (χ4n) is 5.54. The number of carbonyl (C=O) groups is 1. The predicted octanol–water partition coefficient (Wildman–Crippen LogP) is -8.48. The molecule has 0 aromatic rings. The predicted molar refractivity (Wildman–Crippen MR) is 151 cm³/mol. The van der Waals surface area contributed by atoms with Gasteiger partial charge in [0.05, 0.1) is 43.0 Å². The van der Waals surface area contributed by atoms with E-state index < -0.39 is 110 Å². The molecule has 19 heteroatoms. The normalized spacial score (nSPS) is 42.9. The van der Waals surface area contributed by atoms with Crippen LogP contribution in [0.1, 0.15) is 19.3 Å². The number of amides is 1. The lowest BCUT2D eigenvalue weighted by Crippen LogP contribution is -2.69. The molecule has 0 aromatic carbocycles. The molecule has 258 valence electrons. The third-order valence-electron chi connectivity index (χ3n) is 8.21. The van der Waals surface area contributed by atoms with Crippen LogP contribution in [0.15, 0.2) is 0 Å². The molecule has 3 rings (SSSR count). The molecule has 3 aliphatic rings. The average Bonchev–Trinajstić information content (AvgIpc) is 2.98. The van der Waals surface area contributed by atoms with E-state index in [0.717, 1.165) is 0 Å². The van der Waals surface area contributed by atoms with Crippen molar-refractivity contribution in [1.82, 2.24) is 10.6 Å². The lowest BCUT2D eigenvalue weighted by molar-refractivity contribution is -0.316. The molecule has 1 amide bonds. The zero-order valence-electron chi connectivity index (χ0n) is 24.5. The maximum Gasteiger partial charge on any atom is 0.249 e. The molecule has 3 fully saturated rings. The quantitative estimate of drug-likeness (QED) is 0.0836. The monoisotopic (exact) mass is 641 g/mol. The molecule has 1 saturated carbocycles. The number of rotatable bonds is 14. The Bertz CT molecular complexity index is 883. The number of hydrogen-bond donors (Lipinski definition) is 14. The molecule has 2 saturated heterocycles. The molecule has 44 heavy (non-hydrogen) atoms. The molecule has 0 bridgehead atoms. The van der Waals surface area contributed by atoms with Crippen molar-refractivity contribution in [2.45, 2.75) is 117 Å². The number of ether oxygens (including phenoxy) is 4. The molecule has 19 nitrogen and oxygen atoms in total. The van der Waals surface area contributed by atoms with Crippen LogP contribution in [-0.2, 0) is 23.7 Å². The summed E-state index contributed by atoms with van der Waals surface area (Å²) in [5.74, 6) is -0.806. The maximum atomic E-state index is 12.7. The molecule has 2 aliphatic heterocycles. The summed E-state index contributed by atoms with van der Waals surface area (Å²) in [6, 6.07) is -4.09. The lowest BCUT2D eigenvalue weighted by atomic mass is 9.83. The second-order valence-electron chi connectivity index (χ2n) is 11.6. The molecular weight excluding hydrogens is 590 g/mol. The Morgan fingerprint density at radius 1 is 0.886 bits per heavy atom. The maximum absolute atomic E-state index is 12.7. The van der Waals surface area contributed by atoms with E-state index in [1.165, 1.54) is 0 Å². The topological polar surface area (TPSA) is 350 Å². The zero-order chi connectivity index (χ0) is 32.7. The van der Waals surface area contributed by atoms with E-state index in [9.17, 15) is 40.5 Å². The smallest absolute Gasteiger partial charge is 0.249 e. The van der Waals surface area contributed by atoms with Crippen molar-refractivity contribution in [3.8, 4) is 0 Å². The van der Waals surface area contributed by atoms with E-state index in [0.29, 0.717) is 0 Å². The largest absolute Gasteiger partial charge is 0.394 e. The Hall–Kier alpha value is -1.21. The third kappa shape index (κ3) is 9.20. The third-order valence-corrected chi connectivity index (χ3v) is 8.21. The van der Waals surface area contributed by atoms with Crippen molar-refractivity contribution in [3.05, 3.63) is 0 Å². The molecule has 16 atom stereocenters. The minimum absolute atomic E-state index is 0.0303. The highest BCUT2D eigenvalue weighted by Gasteiger charge is 2.51. The van der Waals surface area contributed by atoms with Crippen LogP contribution in [0, 0.1) is 0 Å². The van der Waals surface area contributed by atoms with E-state index in [4.69, 9.17) is 47.6 Å². The number of hydrogen-bond acceptors (Lipinski definition) is 18. The highest BCUT2D eigenvalue weighted by atomic mass is 16.7. The van der Waals surface area contributed by atoms with Gasteiger partial charge in [0.15, 0.2) is 12.6 Å². The molecule has 2 unspecified atom stereocenters. The van der Waals surface area contributed by atoms with Gasteiger partial charge in [-0.25, -0.2) is 0 Å². The minimum Gasteiger partial charge on any atom is -0.394 e. The first-order chi connectivity index (χ1) is 20.8. The van der Waals surface area contributed by atoms with Crippen LogP contribution in [0.5, 0.6) is 0 Å². The number of nitrogens with two attached hydrogens (primary N) is 5. The molecular formula is C25H51N7O12. The van der Waals surface area contributed by atoms with Crippen LogP contribution in [0.25, 0.3) is 0 Å². The first kappa shape index (κ1) is 37.2. The van der Waals surface area contributed by atoms with Gasteiger partial charge in [-0.15, -0.1) is 0 Å². The van der Waals surface area contributed by atoms with Gasteiger partial charge in [0.25, 0.3) is 0 Å². The van der Waals surface area contributed by atoms with Gasteiger partial charge in [0.1, 0.15) is 42.7 Å². The van der Waals surface area contributed by atoms with Crippen LogP contribution in [0.3, 0.4) is 0 Å². The highest BCUT2D eigenvalue weighted by molar-refractivity contribution is 5.80. The molecule has 19 N–H and O–H groups in total. The van der Waals surface area contributed by atoms with Crippen molar-refractivity contribution >= 4 is 5.91 Å². The summed E-state index contributed by atoms with van der Waals surface area (Å²) < 4.78 is 23.4. The van der Waals surface area contributed by atoms with Crippen LogP contribution < -0.4 is 39.3 Å². The lowest BCUT2D eigenvalue weighted by Gasteiger charge is -2.48. The van der Waals surface area contributed by atoms with Gasteiger partial charge in [0.2, 0.25) is 5.91 Å². The number of carbonyl (C=O) groups excluding carboxylic acids is 1. The Labute approximate surface area is 254 Å². The summed E-state index contributed by atoms with van der Waals surface area (Å²) in [7, 11) is 0. The SMILES string of the molecule is NCCC(O)C(=O)N[C@@H]1C[C@H](N)[C@@H](O[C@H]2O[C@H](CNCC(O)CN)[C@@H](O)C[C@H]2N)[C@H](O)[C@H]1O[C@H]1O[C@H](CO)[C@@H](O)[C@H](N)[C@H]1O. The van der Waals surface area contributed by atoms with E-state index in [2.05, 4.69) is 10.6 Å². The van der Waals surface area contributed by atoms with Gasteiger partial charge < -0.3 is 94.0 Å². The first-order valence-corrected chi connectivity index (χ1v) is 14.8. The van der Waals surface area contributed by atoms with E-state index in [-0.39, 0.29) is 45.4 Å². The summed E-state index contributed by atoms with van der Waals surface area (Å²) in [5.41, 5.74) is 29.4. The number of aliphatic hydroxyl groups excluding tert-OH is 7. The molecule has 0 radical (unpaired) electrons. The van der Waals surface area contributed by atoms with Crippen molar-refractivity contribution in [2.24, 2.45) is 28.7 Å². The highest BCUT2D eigenvalue weighted by Crippen LogP contribution is 2.31. The molecule has 1 aliphatic carbocycles. The molecule has 0 spiro atoms. The Morgan fingerprint density at radius 2 is 1.55 bits per heavy atom. The van der Waals surface area contributed by atoms with Crippen LogP contribution in [0.4, 0.5) is 0 Å². The van der Waals surface area contributed by atoms with Crippen molar-refractivity contribution in [1.29, 1.82) is 0 Å². The summed E-state index contributed by atoms with van der Waals surface area (Å²) in [6.45, 7) is -0.291. The van der Waals surface area contributed by atoms with Crippen molar-refractivity contribution in [3.63, 3.8) is 0 Å². The Balaban J connectivity index is 1.79.